The molecule has 0 bridgehead atoms. The van der Waals surface area contributed by atoms with Crippen molar-refractivity contribution < 1.29 is 0 Å². The molecule has 1 atom stereocenters. The number of aromatic nitrogens is 2. The summed E-state index contributed by atoms with van der Waals surface area (Å²) in [6.45, 7) is 6.56. The van der Waals surface area contributed by atoms with Gasteiger partial charge in [0.2, 0.25) is 0 Å². The van der Waals surface area contributed by atoms with Crippen LogP contribution in [-0.4, -0.2) is 16.0 Å². The Morgan fingerprint density at radius 3 is 2.45 bits per heavy atom. The number of nitrogens with two attached hydrogens (primary N) is 1. The van der Waals surface area contributed by atoms with Crippen LogP contribution in [-0.2, 0) is 0 Å². The van der Waals surface area contributed by atoms with Gasteiger partial charge in [-0.3, -0.25) is 0 Å². The molecule has 0 saturated heterocycles. The number of hydrogen-bond acceptors (Lipinski definition) is 4. The quantitative estimate of drug-likeness (QED) is 0.871. The fourth-order valence-electron chi connectivity index (χ4n) is 2.19. The smallest absolute Gasteiger partial charge is 0.163 e. The van der Waals surface area contributed by atoms with Gasteiger partial charge in [-0.1, -0.05) is 51.1 Å². The first-order valence-electron chi connectivity index (χ1n) is 7.06. The van der Waals surface area contributed by atoms with Gasteiger partial charge in [-0.05, 0) is 12.3 Å². The van der Waals surface area contributed by atoms with Crippen LogP contribution in [0.3, 0.4) is 0 Å². The molecule has 1 aromatic heterocycles. The molecule has 1 unspecified atom stereocenters. The standard InChI is InChI=1S/C16H22N4/c1-4-13(11(2)3)18-15-10-14(17)19-16(20-15)12-8-6-5-7-9-12/h5-11,13H,4H2,1-3H3,(H3,17,18,19,20). The van der Waals surface area contributed by atoms with Gasteiger partial charge in [0.1, 0.15) is 11.6 Å². The Morgan fingerprint density at radius 2 is 1.85 bits per heavy atom. The highest BCUT2D eigenvalue weighted by atomic mass is 15.1. The normalized spacial score (nSPS) is 12.4. The van der Waals surface area contributed by atoms with E-state index in [2.05, 4.69) is 36.1 Å². The van der Waals surface area contributed by atoms with E-state index in [1.54, 1.807) is 6.07 Å². The van der Waals surface area contributed by atoms with Crippen LogP contribution in [0, 0.1) is 5.92 Å². The zero-order valence-corrected chi connectivity index (χ0v) is 12.3. The van der Waals surface area contributed by atoms with E-state index in [0.29, 0.717) is 23.6 Å². The minimum atomic E-state index is 0.382. The summed E-state index contributed by atoms with van der Waals surface area (Å²) in [4.78, 5) is 8.88. The van der Waals surface area contributed by atoms with E-state index in [0.717, 1.165) is 17.8 Å². The maximum Gasteiger partial charge on any atom is 0.163 e. The number of nitrogens with zero attached hydrogens (tertiary/aromatic N) is 2. The number of rotatable bonds is 5. The van der Waals surface area contributed by atoms with Gasteiger partial charge in [0.15, 0.2) is 5.82 Å². The Kier molecular flexibility index (Phi) is 4.56. The summed E-state index contributed by atoms with van der Waals surface area (Å²) in [6.07, 6.45) is 1.04. The lowest BCUT2D eigenvalue weighted by atomic mass is 10.0. The van der Waals surface area contributed by atoms with E-state index in [9.17, 15) is 0 Å². The molecule has 0 amide bonds. The SMILES string of the molecule is CCC(Nc1cc(N)nc(-c2ccccc2)n1)C(C)C. The molecule has 1 heterocycles. The minimum absolute atomic E-state index is 0.382. The molecule has 3 N–H and O–H groups in total. The minimum Gasteiger partial charge on any atom is -0.384 e. The van der Waals surface area contributed by atoms with Crippen molar-refractivity contribution >= 4 is 11.6 Å². The molecule has 106 valence electrons. The fraction of sp³-hybridized carbons (Fsp3) is 0.375. The van der Waals surface area contributed by atoms with Crippen molar-refractivity contribution in [3.05, 3.63) is 36.4 Å². The highest BCUT2D eigenvalue weighted by Gasteiger charge is 2.12. The van der Waals surface area contributed by atoms with Crippen molar-refractivity contribution in [2.45, 2.75) is 33.2 Å². The second kappa shape index (κ2) is 6.37. The average Bonchev–Trinajstić information content (AvgIpc) is 2.45. The van der Waals surface area contributed by atoms with Gasteiger partial charge in [-0.25, -0.2) is 9.97 Å². The molecule has 2 aromatic rings. The van der Waals surface area contributed by atoms with Crippen molar-refractivity contribution in [1.82, 2.24) is 9.97 Å². The third-order valence-corrected chi connectivity index (χ3v) is 3.36. The van der Waals surface area contributed by atoms with E-state index in [4.69, 9.17) is 5.73 Å². The van der Waals surface area contributed by atoms with Crippen LogP contribution in [0.25, 0.3) is 11.4 Å². The van der Waals surface area contributed by atoms with Gasteiger partial charge >= 0.3 is 0 Å². The van der Waals surface area contributed by atoms with Crippen LogP contribution < -0.4 is 11.1 Å². The molecular formula is C16H22N4. The number of anilines is 2. The van der Waals surface area contributed by atoms with E-state index in [-0.39, 0.29) is 0 Å². The lowest BCUT2D eigenvalue weighted by Crippen LogP contribution is -2.25. The van der Waals surface area contributed by atoms with Crippen LogP contribution in [0.2, 0.25) is 0 Å². The Labute approximate surface area is 120 Å². The second-order valence-corrected chi connectivity index (χ2v) is 5.27. The summed E-state index contributed by atoms with van der Waals surface area (Å²) in [5.74, 6) is 2.47. The molecule has 2 rings (SSSR count). The molecule has 0 fully saturated rings. The lowest BCUT2D eigenvalue weighted by Gasteiger charge is -2.21. The van der Waals surface area contributed by atoms with Gasteiger partial charge in [-0.15, -0.1) is 0 Å². The molecular weight excluding hydrogens is 248 g/mol. The maximum absolute atomic E-state index is 5.90. The predicted octanol–water partition coefficient (Wildman–Crippen LogP) is 3.57. The van der Waals surface area contributed by atoms with Crippen LogP contribution in [0.4, 0.5) is 11.6 Å². The van der Waals surface area contributed by atoms with Gasteiger partial charge in [0, 0.05) is 17.7 Å². The summed E-state index contributed by atoms with van der Waals surface area (Å²) in [5, 5.41) is 3.45. The van der Waals surface area contributed by atoms with E-state index < -0.39 is 0 Å². The topological polar surface area (TPSA) is 63.8 Å². The van der Waals surface area contributed by atoms with Crippen molar-refractivity contribution in [2.24, 2.45) is 5.92 Å². The summed E-state index contributed by atoms with van der Waals surface area (Å²) >= 11 is 0. The summed E-state index contributed by atoms with van der Waals surface area (Å²) in [7, 11) is 0. The monoisotopic (exact) mass is 270 g/mol. The predicted molar refractivity (Wildman–Crippen MR) is 84.4 cm³/mol. The highest BCUT2D eigenvalue weighted by molar-refractivity contribution is 5.60. The molecule has 1 aromatic carbocycles. The molecule has 4 nitrogen and oxygen atoms in total. The Bertz CT molecular complexity index is 552. The Balaban J connectivity index is 2.30. The first-order valence-corrected chi connectivity index (χ1v) is 7.06. The molecule has 0 saturated carbocycles. The van der Waals surface area contributed by atoms with Gasteiger partial charge in [0.25, 0.3) is 0 Å². The first kappa shape index (κ1) is 14.3. The van der Waals surface area contributed by atoms with Crippen LogP contribution in [0.5, 0.6) is 0 Å². The maximum atomic E-state index is 5.90. The molecule has 0 aliphatic heterocycles. The van der Waals surface area contributed by atoms with Crippen molar-refractivity contribution in [3.63, 3.8) is 0 Å². The van der Waals surface area contributed by atoms with Crippen LogP contribution in [0.1, 0.15) is 27.2 Å². The number of hydrogen-bond donors (Lipinski definition) is 2. The van der Waals surface area contributed by atoms with Gasteiger partial charge < -0.3 is 11.1 Å². The van der Waals surface area contributed by atoms with Crippen molar-refractivity contribution in [2.75, 3.05) is 11.1 Å². The summed E-state index contributed by atoms with van der Waals surface area (Å²) in [5.41, 5.74) is 6.87. The largest absolute Gasteiger partial charge is 0.384 e. The number of benzene rings is 1. The van der Waals surface area contributed by atoms with Crippen molar-refractivity contribution in [3.8, 4) is 11.4 Å². The summed E-state index contributed by atoms with van der Waals surface area (Å²) in [6, 6.07) is 12.1. The first-order chi connectivity index (χ1) is 9.60. The average molecular weight is 270 g/mol. The Hall–Kier alpha value is -2.10. The van der Waals surface area contributed by atoms with Crippen molar-refractivity contribution in [1.29, 1.82) is 0 Å². The Morgan fingerprint density at radius 1 is 1.15 bits per heavy atom. The molecule has 4 heteroatoms. The van der Waals surface area contributed by atoms with E-state index in [1.165, 1.54) is 0 Å². The second-order valence-electron chi connectivity index (χ2n) is 5.27. The van der Waals surface area contributed by atoms with E-state index >= 15 is 0 Å². The zero-order valence-electron chi connectivity index (χ0n) is 12.3. The highest BCUT2D eigenvalue weighted by Crippen LogP contribution is 2.20. The zero-order chi connectivity index (χ0) is 14.5. The number of nitrogens with one attached hydrogen (secondary N) is 1. The van der Waals surface area contributed by atoms with Crippen LogP contribution in [0.15, 0.2) is 36.4 Å². The molecule has 0 radical (unpaired) electrons. The van der Waals surface area contributed by atoms with E-state index in [1.807, 2.05) is 30.3 Å². The lowest BCUT2D eigenvalue weighted by molar-refractivity contribution is 0.510. The third kappa shape index (κ3) is 3.47. The van der Waals surface area contributed by atoms with Gasteiger partial charge in [0.05, 0.1) is 0 Å². The molecule has 0 aliphatic carbocycles. The number of nitrogen functional groups attached to an aromatic ring is 1. The van der Waals surface area contributed by atoms with Gasteiger partial charge in [-0.2, -0.15) is 0 Å². The molecule has 20 heavy (non-hydrogen) atoms. The molecule has 0 aliphatic rings. The molecule has 0 spiro atoms. The third-order valence-electron chi connectivity index (χ3n) is 3.36. The fourth-order valence-corrected chi connectivity index (χ4v) is 2.19. The summed E-state index contributed by atoms with van der Waals surface area (Å²) < 4.78 is 0. The van der Waals surface area contributed by atoms with Crippen LogP contribution >= 0.6 is 0 Å².